The highest BCUT2D eigenvalue weighted by atomic mass is 16.6. The molecule has 338 valence electrons. The van der Waals surface area contributed by atoms with E-state index in [9.17, 15) is 29.4 Å². The largest absolute Gasteiger partial charge is 0.490 e. The maximum atomic E-state index is 13.6. The first-order valence-corrected chi connectivity index (χ1v) is 22.2. The van der Waals surface area contributed by atoms with Crippen molar-refractivity contribution in [1.82, 2.24) is 19.6 Å². The molecule has 6 aliphatic rings. The second-order valence-electron chi connectivity index (χ2n) is 17.0. The fraction of sp³-hybridized carbons (Fsp3) is 0.636. The molecular formula is C44H60N6O12. The summed E-state index contributed by atoms with van der Waals surface area (Å²) in [6, 6.07) is 15.3. The van der Waals surface area contributed by atoms with Crippen molar-refractivity contribution in [3.8, 4) is 11.5 Å². The molecule has 4 aliphatic heterocycles. The Bertz CT molecular complexity index is 1670. The maximum absolute atomic E-state index is 13.6. The molecule has 0 radical (unpaired) electrons. The summed E-state index contributed by atoms with van der Waals surface area (Å²) in [5.74, 6) is -2.97. The molecule has 2 amide bonds. The SMILES string of the molecule is O=C(OC(C(=O)Nc1ccc(OC2CCN(C3CC3)CC2)cc1)N1CCOCC1)C(O)C(O)C(=O)OC(C(=O)Nc1ccc(OC2CCN(C3CC3)CC2)cc1)N1CCOCC1. The number of hydrogen-bond donors (Lipinski definition) is 4. The topological polar surface area (TPSA) is 201 Å². The van der Waals surface area contributed by atoms with Gasteiger partial charge in [0.1, 0.15) is 23.7 Å². The first-order valence-electron chi connectivity index (χ1n) is 22.2. The van der Waals surface area contributed by atoms with E-state index < -0.39 is 48.4 Å². The Morgan fingerprint density at radius 2 is 0.855 bits per heavy atom. The summed E-state index contributed by atoms with van der Waals surface area (Å²) in [7, 11) is 0. The summed E-state index contributed by atoms with van der Waals surface area (Å²) in [5, 5.41) is 27.3. The van der Waals surface area contributed by atoms with Gasteiger partial charge in [-0.25, -0.2) is 9.59 Å². The Balaban J connectivity index is 0.843. The van der Waals surface area contributed by atoms with Crippen LogP contribution in [0.5, 0.6) is 11.5 Å². The van der Waals surface area contributed by atoms with Crippen molar-refractivity contribution in [3.05, 3.63) is 48.5 Å². The number of aliphatic hydroxyl groups excluding tert-OH is 2. The van der Waals surface area contributed by atoms with Gasteiger partial charge in [-0.05, 0) is 99.9 Å². The van der Waals surface area contributed by atoms with E-state index in [2.05, 4.69) is 20.4 Å². The smallest absolute Gasteiger partial charge is 0.340 e. The van der Waals surface area contributed by atoms with E-state index >= 15 is 0 Å². The normalized spacial score (nSPS) is 23.3. The van der Waals surface area contributed by atoms with Crippen LogP contribution in [-0.2, 0) is 38.1 Å². The van der Waals surface area contributed by atoms with E-state index in [4.69, 9.17) is 28.4 Å². The van der Waals surface area contributed by atoms with Crippen LogP contribution in [0.3, 0.4) is 0 Å². The van der Waals surface area contributed by atoms with Gasteiger partial charge in [-0.3, -0.25) is 19.4 Å². The molecule has 2 aromatic rings. The molecule has 0 bridgehead atoms. The molecule has 0 aromatic heterocycles. The van der Waals surface area contributed by atoms with E-state index in [0.717, 1.165) is 63.9 Å². The number of piperidine rings is 2. The number of rotatable bonds is 17. The molecule has 4 atom stereocenters. The number of benzene rings is 2. The fourth-order valence-corrected chi connectivity index (χ4v) is 8.45. The molecule has 18 nitrogen and oxygen atoms in total. The van der Waals surface area contributed by atoms with E-state index in [1.54, 1.807) is 58.3 Å². The van der Waals surface area contributed by atoms with Gasteiger partial charge in [0.05, 0.1) is 26.4 Å². The van der Waals surface area contributed by atoms with Gasteiger partial charge in [-0.2, -0.15) is 0 Å². The minimum atomic E-state index is -2.45. The summed E-state index contributed by atoms with van der Waals surface area (Å²) < 4.78 is 34.2. The number of nitrogens with zero attached hydrogens (tertiary/aromatic N) is 4. The highest BCUT2D eigenvalue weighted by molar-refractivity contribution is 5.97. The number of amides is 2. The highest BCUT2D eigenvalue weighted by Gasteiger charge is 2.41. The van der Waals surface area contributed by atoms with Crippen LogP contribution in [0.15, 0.2) is 48.5 Å². The van der Waals surface area contributed by atoms with Gasteiger partial charge < -0.3 is 59.1 Å². The molecule has 2 aromatic carbocycles. The van der Waals surface area contributed by atoms with Gasteiger partial charge in [0, 0.05) is 75.8 Å². The number of morpholine rings is 2. The summed E-state index contributed by atoms with van der Waals surface area (Å²) in [6.07, 6.45) is 1.20. The van der Waals surface area contributed by atoms with Gasteiger partial charge in [0.15, 0.2) is 12.2 Å². The maximum Gasteiger partial charge on any atom is 0.340 e. The van der Waals surface area contributed by atoms with Crippen LogP contribution in [0, 0.1) is 0 Å². The Hall–Kier alpha value is -4.40. The van der Waals surface area contributed by atoms with Crippen LogP contribution >= 0.6 is 0 Å². The second kappa shape index (κ2) is 20.9. The zero-order valence-corrected chi connectivity index (χ0v) is 35.1. The zero-order chi connectivity index (χ0) is 43.0. The number of nitrogens with one attached hydrogen (secondary N) is 2. The highest BCUT2D eigenvalue weighted by Crippen LogP contribution is 2.32. The summed E-state index contributed by atoms with van der Waals surface area (Å²) in [5.41, 5.74) is 0.835. The molecule has 4 saturated heterocycles. The van der Waals surface area contributed by atoms with Gasteiger partial charge in [0.25, 0.3) is 11.8 Å². The monoisotopic (exact) mass is 864 g/mol. The molecule has 6 fully saturated rings. The lowest BCUT2D eigenvalue weighted by Gasteiger charge is -2.34. The first kappa shape index (κ1) is 44.2. The number of hydrogen-bond acceptors (Lipinski definition) is 16. The number of esters is 2. The summed E-state index contributed by atoms with van der Waals surface area (Å²) >= 11 is 0. The number of anilines is 2. The number of ether oxygens (including phenoxy) is 6. The van der Waals surface area contributed by atoms with E-state index in [1.165, 1.54) is 25.7 Å². The Kier molecular flexibility index (Phi) is 14.9. The molecule has 2 saturated carbocycles. The van der Waals surface area contributed by atoms with E-state index in [-0.39, 0.29) is 64.8 Å². The Morgan fingerprint density at radius 3 is 1.18 bits per heavy atom. The van der Waals surface area contributed by atoms with Crippen molar-refractivity contribution >= 4 is 35.1 Å². The Labute approximate surface area is 361 Å². The van der Waals surface area contributed by atoms with Crippen molar-refractivity contribution in [3.63, 3.8) is 0 Å². The quantitative estimate of drug-likeness (QED) is 0.166. The van der Waals surface area contributed by atoms with Crippen molar-refractivity contribution < 1.29 is 57.8 Å². The van der Waals surface area contributed by atoms with Gasteiger partial charge in [-0.1, -0.05) is 0 Å². The average molecular weight is 865 g/mol. The molecule has 2 aliphatic carbocycles. The molecule has 4 heterocycles. The lowest BCUT2D eigenvalue weighted by Crippen LogP contribution is -2.55. The third kappa shape index (κ3) is 12.0. The van der Waals surface area contributed by atoms with Crippen molar-refractivity contribution in [2.24, 2.45) is 0 Å². The van der Waals surface area contributed by atoms with Crippen LogP contribution in [0.2, 0.25) is 0 Å². The average Bonchev–Trinajstić information content (AvgIpc) is 4.25. The molecular weight excluding hydrogens is 805 g/mol. The molecule has 18 heteroatoms. The summed E-state index contributed by atoms with van der Waals surface area (Å²) in [6.45, 7) is 6.03. The summed E-state index contributed by atoms with van der Waals surface area (Å²) in [4.78, 5) is 62.1. The lowest BCUT2D eigenvalue weighted by molar-refractivity contribution is -0.192. The van der Waals surface area contributed by atoms with Crippen LogP contribution in [0.4, 0.5) is 11.4 Å². The first-order chi connectivity index (χ1) is 30.2. The minimum Gasteiger partial charge on any atom is -0.490 e. The predicted molar refractivity (Wildman–Crippen MR) is 223 cm³/mol. The van der Waals surface area contributed by atoms with E-state index in [0.29, 0.717) is 22.9 Å². The molecule has 0 spiro atoms. The number of aliphatic hydroxyl groups is 2. The van der Waals surface area contributed by atoms with Crippen LogP contribution in [0.25, 0.3) is 0 Å². The van der Waals surface area contributed by atoms with Crippen molar-refractivity contribution in [2.45, 2.75) is 100 Å². The second-order valence-corrected chi connectivity index (χ2v) is 17.0. The van der Waals surface area contributed by atoms with Crippen molar-refractivity contribution in [1.29, 1.82) is 0 Å². The molecule has 4 N–H and O–H groups in total. The minimum absolute atomic E-state index is 0.116. The van der Waals surface area contributed by atoms with Crippen LogP contribution in [0.1, 0.15) is 51.4 Å². The number of carbonyl (C=O) groups is 4. The van der Waals surface area contributed by atoms with Gasteiger partial charge >= 0.3 is 11.9 Å². The van der Waals surface area contributed by atoms with Crippen molar-refractivity contribution in [2.75, 3.05) is 89.4 Å². The molecule has 8 rings (SSSR count). The van der Waals surface area contributed by atoms with Gasteiger partial charge in [-0.15, -0.1) is 0 Å². The fourth-order valence-electron chi connectivity index (χ4n) is 8.45. The zero-order valence-electron chi connectivity index (χ0n) is 35.1. The molecule has 62 heavy (non-hydrogen) atoms. The molecule has 4 unspecified atom stereocenters. The van der Waals surface area contributed by atoms with Gasteiger partial charge in [0.2, 0.25) is 12.5 Å². The predicted octanol–water partition coefficient (Wildman–Crippen LogP) is 1.40. The van der Waals surface area contributed by atoms with E-state index in [1.807, 2.05) is 0 Å². The number of carbonyl (C=O) groups excluding carboxylic acids is 4. The number of likely N-dealkylation sites (tertiary alicyclic amines) is 2. The third-order valence-electron chi connectivity index (χ3n) is 12.4. The standard InChI is InChI=1S/C44H60N6O12/c51-37(43(55)61-41(49-21-25-57-26-22-49)39(53)45-29-1-9-33(10-2-29)59-35-13-17-47(18-14-35)31-5-6-31)38(52)44(56)62-42(50-23-27-58-28-24-50)40(54)46-30-3-11-34(12-4-30)60-36-15-19-48(20-16-36)32-7-8-32/h1-4,9-12,31-32,35-38,41-42,51-52H,5-8,13-28H2,(H,45,53)(H,46,54). The van der Waals surface area contributed by atoms with Crippen LogP contribution < -0.4 is 20.1 Å². The lowest BCUT2D eigenvalue weighted by atomic mass is 10.1. The van der Waals surface area contributed by atoms with Crippen LogP contribution in [-0.4, -0.2) is 181 Å². The third-order valence-corrected chi connectivity index (χ3v) is 12.4. The Morgan fingerprint density at radius 1 is 0.516 bits per heavy atom.